The number of anilines is 1. The molecule has 2 heterocycles. The van der Waals surface area contributed by atoms with Gasteiger partial charge in [-0.05, 0) is 5.56 Å². The van der Waals surface area contributed by atoms with E-state index in [1.165, 1.54) is 16.9 Å². The van der Waals surface area contributed by atoms with E-state index < -0.39 is 0 Å². The summed E-state index contributed by atoms with van der Waals surface area (Å²) in [5.41, 5.74) is 1.22. The Bertz CT molecular complexity index is 658. The lowest BCUT2D eigenvalue weighted by molar-refractivity contribution is 0.915. The summed E-state index contributed by atoms with van der Waals surface area (Å²) in [6.45, 7) is 0.746. The molecule has 0 radical (unpaired) electrons. The Labute approximate surface area is 115 Å². The van der Waals surface area contributed by atoms with Gasteiger partial charge in [-0.1, -0.05) is 41.7 Å². The summed E-state index contributed by atoms with van der Waals surface area (Å²) >= 11 is 1.51. The van der Waals surface area contributed by atoms with Gasteiger partial charge in [-0.15, -0.1) is 10.2 Å². The van der Waals surface area contributed by atoms with Gasteiger partial charge in [0.1, 0.15) is 0 Å². The van der Waals surface area contributed by atoms with Crippen LogP contribution in [-0.4, -0.2) is 19.7 Å². The Morgan fingerprint density at radius 2 is 2.05 bits per heavy atom. The maximum absolute atomic E-state index is 4.26. The number of hydrogen-bond acceptors (Lipinski definition) is 5. The van der Waals surface area contributed by atoms with Crippen molar-refractivity contribution in [1.29, 1.82) is 0 Å². The highest BCUT2D eigenvalue weighted by Crippen LogP contribution is 2.24. The minimum Gasteiger partial charge on any atom is -0.356 e. The first-order valence-electron chi connectivity index (χ1n) is 5.92. The number of nitrogens with zero attached hydrogens (tertiary/aromatic N) is 4. The molecule has 0 aliphatic rings. The summed E-state index contributed by atoms with van der Waals surface area (Å²) in [6.07, 6.45) is 3.65. The highest BCUT2D eigenvalue weighted by Gasteiger charge is 2.10. The molecule has 3 rings (SSSR count). The van der Waals surface area contributed by atoms with E-state index >= 15 is 0 Å². The third-order valence-corrected chi connectivity index (χ3v) is 3.60. The summed E-state index contributed by atoms with van der Waals surface area (Å²) in [6, 6.07) is 10.2. The van der Waals surface area contributed by atoms with Crippen LogP contribution in [0.1, 0.15) is 5.56 Å². The predicted octanol–water partition coefficient (Wildman–Crippen LogP) is 2.55. The van der Waals surface area contributed by atoms with E-state index in [1.54, 1.807) is 6.20 Å². The Balaban J connectivity index is 1.71. The van der Waals surface area contributed by atoms with Crippen LogP contribution in [0.3, 0.4) is 0 Å². The largest absolute Gasteiger partial charge is 0.356 e. The Hall–Kier alpha value is -2.21. The van der Waals surface area contributed by atoms with Gasteiger partial charge >= 0.3 is 0 Å². The van der Waals surface area contributed by atoms with Crippen LogP contribution >= 0.6 is 11.3 Å². The lowest BCUT2D eigenvalue weighted by atomic mass is 10.2. The topological polar surface area (TPSA) is 55.6 Å². The Morgan fingerprint density at radius 1 is 1.21 bits per heavy atom. The molecule has 0 amide bonds. The number of hydrogen-bond donors (Lipinski definition) is 1. The average Bonchev–Trinajstić information content (AvgIpc) is 3.06. The van der Waals surface area contributed by atoms with Gasteiger partial charge in [0.05, 0.1) is 0 Å². The van der Waals surface area contributed by atoms with Gasteiger partial charge in [-0.3, -0.25) is 0 Å². The number of benzene rings is 1. The first-order valence-corrected chi connectivity index (χ1v) is 6.73. The van der Waals surface area contributed by atoms with Crippen LogP contribution in [0.15, 0.2) is 42.7 Å². The molecule has 1 N–H and O–H groups in total. The molecule has 0 aliphatic heterocycles. The first-order chi connectivity index (χ1) is 9.33. The number of aryl methyl sites for hydroxylation is 1. The number of nitrogens with one attached hydrogen (secondary N) is 1. The summed E-state index contributed by atoms with van der Waals surface area (Å²) in [5.74, 6) is 0.838. The van der Waals surface area contributed by atoms with Crippen LogP contribution in [0.4, 0.5) is 5.13 Å². The smallest absolute Gasteiger partial charge is 0.206 e. The van der Waals surface area contributed by atoms with Gasteiger partial charge in [-0.2, -0.15) is 0 Å². The van der Waals surface area contributed by atoms with Crippen LogP contribution in [0.5, 0.6) is 0 Å². The quantitative estimate of drug-likeness (QED) is 0.792. The number of rotatable bonds is 4. The molecule has 5 nitrogen and oxygen atoms in total. The molecule has 0 atom stereocenters. The second-order valence-corrected chi connectivity index (χ2v) is 5.09. The summed E-state index contributed by atoms with van der Waals surface area (Å²) in [7, 11) is 1.95. The van der Waals surface area contributed by atoms with Crippen LogP contribution in [0, 0.1) is 0 Å². The van der Waals surface area contributed by atoms with Crippen molar-refractivity contribution in [2.75, 3.05) is 5.32 Å². The van der Waals surface area contributed by atoms with Crippen molar-refractivity contribution < 1.29 is 0 Å². The average molecular weight is 271 g/mol. The molecular weight excluding hydrogens is 258 g/mol. The Morgan fingerprint density at radius 3 is 2.79 bits per heavy atom. The van der Waals surface area contributed by atoms with Crippen LogP contribution in [-0.2, 0) is 13.6 Å². The minimum absolute atomic E-state index is 0.746. The molecular formula is C13H13N5S. The van der Waals surface area contributed by atoms with E-state index in [9.17, 15) is 0 Å². The maximum atomic E-state index is 4.26. The molecule has 0 bridgehead atoms. The fourth-order valence-corrected chi connectivity index (χ4v) is 2.51. The maximum Gasteiger partial charge on any atom is 0.206 e. The van der Waals surface area contributed by atoms with E-state index in [-0.39, 0.29) is 0 Å². The van der Waals surface area contributed by atoms with E-state index in [0.29, 0.717) is 0 Å². The molecule has 0 saturated carbocycles. The van der Waals surface area contributed by atoms with Crippen LogP contribution in [0.25, 0.3) is 10.8 Å². The van der Waals surface area contributed by atoms with Crippen molar-refractivity contribution in [1.82, 2.24) is 19.7 Å². The fraction of sp³-hybridized carbons (Fsp3) is 0.154. The van der Waals surface area contributed by atoms with Crippen molar-refractivity contribution >= 4 is 16.5 Å². The van der Waals surface area contributed by atoms with Gasteiger partial charge in [0.15, 0.2) is 10.8 Å². The summed E-state index contributed by atoms with van der Waals surface area (Å²) in [5, 5.41) is 13.2. The van der Waals surface area contributed by atoms with E-state index in [1.807, 2.05) is 36.0 Å². The zero-order valence-electron chi connectivity index (χ0n) is 10.4. The number of imidazole rings is 1. The number of aromatic nitrogens is 4. The Kier molecular flexibility index (Phi) is 3.24. The van der Waals surface area contributed by atoms with Crippen LogP contribution < -0.4 is 5.32 Å². The molecule has 96 valence electrons. The second kappa shape index (κ2) is 5.19. The standard InChI is InChI=1S/C13H13N5S/c1-18-8-7-14-11(18)12-16-17-13(19-12)15-9-10-5-3-2-4-6-10/h2-8H,9H2,1H3,(H,15,17). The molecule has 0 fully saturated rings. The summed E-state index contributed by atoms with van der Waals surface area (Å²) in [4.78, 5) is 4.26. The van der Waals surface area contributed by atoms with E-state index in [0.717, 1.165) is 22.5 Å². The van der Waals surface area contributed by atoms with Gasteiger partial charge in [0, 0.05) is 26.0 Å². The molecule has 19 heavy (non-hydrogen) atoms. The third kappa shape index (κ3) is 2.63. The van der Waals surface area contributed by atoms with Gasteiger partial charge in [-0.25, -0.2) is 4.98 Å². The first kappa shape index (κ1) is 11.9. The highest BCUT2D eigenvalue weighted by atomic mass is 32.1. The van der Waals surface area contributed by atoms with Crippen LogP contribution in [0.2, 0.25) is 0 Å². The second-order valence-electron chi connectivity index (χ2n) is 4.11. The predicted molar refractivity (Wildman–Crippen MR) is 75.9 cm³/mol. The van der Waals surface area contributed by atoms with Crippen molar-refractivity contribution in [2.45, 2.75) is 6.54 Å². The molecule has 3 aromatic rings. The SMILES string of the molecule is Cn1ccnc1-c1nnc(NCc2ccccc2)s1. The van der Waals surface area contributed by atoms with Gasteiger partial charge in [0.2, 0.25) is 5.13 Å². The normalized spacial score (nSPS) is 10.6. The molecule has 1 aromatic carbocycles. The lowest BCUT2D eigenvalue weighted by Gasteiger charge is -2.00. The van der Waals surface area contributed by atoms with Crippen molar-refractivity contribution in [2.24, 2.45) is 7.05 Å². The van der Waals surface area contributed by atoms with Crippen molar-refractivity contribution in [3.8, 4) is 10.8 Å². The highest BCUT2D eigenvalue weighted by molar-refractivity contribution is 7.18. The zero-order chi connectivity index (χ0) is 13.1. The van der Waals surface area contributed by atoms with Gasteiger partial charge < -0.3 is 9.88 Å². The fourth-order valence-electron chi connectivity index (χ4n) is 1.73. The molecule has 2 aromatic heterocycles. The van der Waals surface area contributed by atoms with E-state index in [2.05, 4.69) is 32.6 Å². The molecule has 0 spiro atoms. The minimum atomic E-state index is 0.746. The molecule has 6 heteroatoms. The zero-order valence-corrected chi connectivity index (χ0v) is 11.3. The molecule has 0 aliphatic carbocycles. The third-order valence-electron chi connectivity index (χ3n) is 2.72. The summed E-state index contributed by atoms with van der Waals surface area (Å²) < 4.78 is 1.93. The van der Waals surface area contributed by atoms with Gasteiger partial charge in [0.25, 0.3) is 0 Å². The molecule has 0 saturated heterocycles. The van der Waals surface area contributed by atoms with E-state index in [4.69, 9.17) is 0 Å². The molecule has 0 unspecified atom stereocenters. The van der Waals surface area contributed by atoms with Crippen molar-refractivity contribution in [3.63, 3.8) is 0 Å². The monoisotopic (exact) mass is 271 g/mol. The lowest BCUT2D eigenvalue weighted by Crippen LogP contribution is -1.98. The van der Waals surface area contributed by atoms with Crippen molar-refractivity contribution in [3.05, 3.63) is 48.3 Å².